The van der Waals surface area contributed by atoms with Gasteiger partial charge in [-0.3, -0.25) is 14.3 Å². The summed E-state index contributed by atoms with van der Waals surface area (Å²) in [6, 6.07) is 0. The third kappa shape index (κ3) is 3.63. The molecule has 0 aliphatic heterocycles. The molecule has 6 nitrogen and oxygen atoms in total. The Hall–Kier alpha value is -1.28. The fourth-order valence-corrected chi connectivity index (χ4v) is 5.52. The van der Waals surface area contributed by atoms with Crippen LogP contribution in [-0.4, -0.2) is 30.8 Å². The number of fused-ring (bicyclic) bond motifs is 2. The van der Waals surface area contributed by atoms with Crippen molar-refractivity contribution in [1.29, 1.82) is 0 Å². The van der Waals surface area contributed by atoms with Gasteiger partial charge in [-0.05, 0) is 39.0 Å². The lowest BCUT2D eigenvalue weighted by Crippen LogP contribution is -2.41. The molecule has 2 fully saturated rings. The number of nitrogens with zero attached hydrogens (tertiary/aromatic N) is 1. The minimum Gasteiger partial charge on any atom is -0.299 e. The smallest absolute Gasteiger partial charge is 0.236 e. The predicted molar refractivity (Wildman–Crippen MR) is 86.4 cm³/mol. The Bertz CT molecular complexity index is 710. The number of sulfonamides is 1. The number of aromatic nitrogens is 1. The minimum atomic E-state index is -3.66. The van der Waals surface area contributed by atoms with E-state index in [0.717, 1.165) is 23.4 Å². The van der Waals surface area contributed by atoms with E-state index in [4.69, 9.17) is 0 Å². The van der Waals surface area contributed by atoms with Crippen LogP contribution in [0.1, 0.15) is 36.3 Å². The molecule has 2 aliphatic carbocycles. The van der Waals surface area contributed by atoms with Gasteiger partial charge in [-0.15, -0.1) is 11.3 Å². The zero-order chi connectivity index (χ0) is 16.6. The molecule has 0 saturated heterocycles. The fraction of sp³-hybridized carbons (Fsp3) is 0.667. The molecule has 2 bridgehead atoms. The molecular formula is C15H20N2O4S2. The Morgan fingerprint density at radius 1 is 1.35 bits per heavy atom. The standard InChI is InChI=1S/C15H20N2O4S2/c1-9-13(22-8-16-9)4-5-23(20,21)17-15(19)12-6-10-2-3-11(7-12)14(10)18/h8,10-12H,2-7H2,1H3,(H,17,19)/t10-,11+,12?. The molecule has 2 aliphatic rings. The molecule has 0 aromatic carbocycles. The number of carbonyl (C=O) groups excluding carboxylic acids is 2. The first-order valence-corrected chi connectivity index (χ1v) is 10.4. The number of carbonyl (C=O) groups is 2. The van der Waals surface area contributed by atoms with E-state index in [0.29, 0.717) is 19.3 Å². The number of aryl methyl sites for hydroxylation is 2. The highest BCUT2D eigenvalue weighted by atomic mass is 32.2. The zero-order valence-corrected chi connectivity index (χ0v) is 14.6. The van der Waals surface area contributed by atoms with E-state index >= 15 is 0 Å². The largest absolute Gasteiger partial charge is 0.299 e. The van der Waals surface area contributed by atoms with Crippen LogP contribution in [0.2, 0.25) is 0 Å². The van der Waals surface area contributed by atoms with Crippen LogP contribution in [0.25, 0.3) is 0 Å². The zero-order valence-electron chi connectivity index (χ0n) is 12.9. The molecular weight excluding hydrogens is 336 g/mol. The van der Waals surface area contributed by atoms with E-state index < -0.39 is 15.9 Å². The van der Waals surface area contributed by atoms with Gasteiger partial charge in [-0.2, -0.15) is 0 Å². The lowest BCUT2D eigenvalue weighted by molar-refractivity contribution is -0.131. The molecule has 2 saturated carbocycles. The first-order valence-electron chi connectivity index (χ1n) is 7.83. The van der Waals surface area contributed by atoms with Crippen molar-refractivity contribution in [3.63, 3.8) is 0 Å². The third-order valence-corrected chi connectivity index (χ3v) is 7.12. The second-order valence-corrected chi connectivity index (χ2v) is 9.22. The van der Waals surface area contributed by atoms with Gasteiger partial charge in [0, 0.05) is 22.6 Å². The minimum absolute atomic E-state index is 0.0490. The summed E-state index contributed by atoms with van der Waals surface area (Å²) in [4.78, 5) is 29.1. The van der Waals surface area contributed by atoms with E-state index in [1.807, 2.05) is 6.92 Å². The first-order chi connectivity index (χ1) is 10.9. The average molecular weight is 356 g/mol. The van der Waals surface area contributed by atoms with Gasteiger partial charge in [-0.25, -0.2) is 13.4 Å². The van der Waals surface area contributed by atoms with Crippen molar-refractivity contribution in [3.8, 4) is 0 Å². The summed E-state index contributed by atoms with van der Waals surface area (Å²) in [5, 5.41) is 0. The van der Waals surface area contributed by atoms with Gasteiger partial charge in [-0.1, -0.05) is 0 Å². The molecule has 126 valence electrons. The summed E-state index contributed by atoms with van der Waals surface area (Å²) in [5.41, 5.74) is 2.52. The molecule has 0 radical (unpaired) electrons. The van der Waals surface area contributed by atoms with Crippen molar-refractivity contribution in [2.24, 2.45) is 17.8 Å². The first kappa shape index (κ1) is 16.6. The summed E-state index contributed by atoms with van der Waals surface area (Å²) >= 11 is 1.42. The second-order valence-electron chi connectivity index (χ2n) is 6.44. The molecule has 3 atom stereocenters. The Labute approximate surface area is 139 Å². The van der Waals surface area contributed by atoms with Crippen molar-refractivity contribution in [2.75, 3.05) is 5.75 Å². The highest BCUT2D eigenvalue weighted by Crippen LogP contribution is 2.42. The maximum absolute atomic E-state index is 12.3. The topological polar surface area (TPSA) is 93.2 Å². The molecule has 0 spiro atoms. The van der Waals surface area contributed by atoms with Crippen LogP contribution in [0.15, 0.2) is 5.51 Å². The Balaban J connectivity index is 1.56. The molecule has 1 unspecified atom stereocenters. The number of amides is 1. The van der Waals surface area contributed by atoms with Crippen LogP contribution >= 0.6 is 11.3 Å². The van der Waals surface area contributed by atoms with Crippen LogP contribution in [0.3, 0.4) is 0 Å². The normalized spacial score (nSPS) is 27.2. The van der Waals surface area contributed by atoms with Crippen LogP contribution in [0, 0.1) is 24.7 Å². The van der Waals surface area contributed by atoms with E-state index in [2.05, 4.69) is 9.71 Å². The summed E-state index contributed by atoms with van der Waals surface area (Å²) in [6.07, 6.45) is 3.01. The van der Waals surface area contributed by atoms with Gasteiger partial charge in [0.25, 0.3) is 0 Å². The van der Waals surface area contributed by atoms with E-state index in [9.17, 15) is 18.0 Å². The van der Waals surface area contributed by atoms with Gasteiger partial charge >= 0.3 is 0 Å². The average Bonchev–Trinajstić information content (AvgIpc) is 2.95. The van der Waals surface area contributed by atoms with Crippen molar-refractivity contribution in [3.05, 3.63) is 16.1 Å². The molecule has 1 aromatic rings. The van der Waals surface area contributed by atoms with E-state index in [-0.39, 0.29) is 29.3 Å². The van der Waals surface area contributed by atoms with Crippen LogP contribution in [0.4, 0.5) is 0 Å². The van der Waals surface area contributed by atoms with Gasteiger partial charge in [0.1, 0.15) is 5.78 Å². The Morgan fingerprint density at radius 3 is 2.57 bits per heavy atom. The number of hydrogen-bond acceptors (Lipinski definition) is 6. The van der Waals surface area contributed by atoms with Gasteiger partial charge in [0.05, 0.1) is 17.0 Å². The maximum Gasteiger partial charge on any atom is 0.236 e. The van der Waals surface area contributed by atoms with Crippen LogP contribution in [-0.2, 0) is 26.0 Å². The van der Waals surface area contributed by atoms with Gasteiger partial charge < -0.3 is 0 Å². The monoisotopic (exact) mass is 356 g/mol. The number of hydrogen-bond donors (Lipinski definition) is 1. The lowest BCUT2D eigenvalue weighted by Gasteiger charge is -2.25. The number of ketones is 1. The van der Waals surface area contributed by atoms with Crippen molar-refractivity contribution < 1.29 is 18.0 Å². The number of thiazole rings is 1. The number of Topliss-reactive ketones (excluding diaryl/α,β-unsaturated/α-hetero) is 1. The molecule has 1 aromatic heterocycles. The SMILES string of the molecule is Cc1ncsc1CCS(=O)(=O)NC(=O)C1C[C@H]2CC[C@@H](C1)C2=O. The summed E-state index contributed by atoms with van der Waals surface area (Å²) in [7, 11) is -3.66. The highest BCUT2D eigenvalue weighted by molar-refractivity contribution is 7.90. The Kier molecular flexibility index (Phi) is 4.55. The quantitative estimate of drug-likeness (QED) is 0.862. The highest BCUT2D eigenvalue weighted by Gasteiger charge is 2.44. The molecule has 1 heterocycles. The number of nitrogens with one attached hydrogen (secondary N) is 1. The maximum atomic E-state index is 12.3. The molecule has 1 N–H and O–H groups in total. The van der Waals surface area contributed by atoms with Gasteiger partial charge in [0.15, 0.2) is 0 Å². The summed E-state index contributed by atoms with van der Waals surface area (Å²) < 4.78 is 26.4. The lowest BCUT2D eigenvalue weighted by atomic mass is 9.80. The predicted octanol–water partition coefficient (Wildman–Crippen LogP) is 1.45. The summed E-state index contributed by atoms with van der Waals surface area (Å²) in [5.74, 6) is -0.766. The fourth-order valence-electron chi connectivity index (χ4n) is 3.57. The summed E-state index contributed by atoms with van der Waals surface area (Å²) in [6.45, 7) is 1.84. The van der Waals surface area contributed by atoms with Crippen molar-refractivity contribution in [2.45, 2.75) is 39.0 Å². The molecule has 8 heteroatoms. The van der Waals surface area contributed by atoms with E-state index in [1.165, 1.54) is 11.3 Å². The third-order valence-electron chi connectivity index (χ3n) is 4.88. The van der Waals surface area contributed by atoms with Crippen molar-refractivity contribution in [1.82, 2.24) is 9.71 Å². The van der Waals surface area contributed by atoms with Crippen molar-refractivity contribution >= 4 is 33.1 Å². The van der Waals surface area contributed by atoms with Gasteiger partial charge in [0.2, 0.25) is 15.9 Å². The number of rotatable bonds is 5. The Morgan fingerprint density at radius 2 is 2.00 bits per heavy atom. The molecule has 23 heavy (non-hydrogen) atoms. The second kappa shape index (κ2) is 6.32. The van der Waals surface area contributed by atoms with Crippen LogP contribution < -0.4 is 4.72 Å². The van der Waals surface area contributed by atoms with E-state index in [1.54, 1.807) is 5.51 Å². The molecule has 3 rings (SSSR count). The molecule has 1 amide bonds. The van der Waals surface area contributed by atoms with Crippen LogP contribution in [0.5, 0.6) is 0 Å².